The second-order valence-corrected chi connectivity index (χ2v) is 11.0. The number of hydrogen-bond acceptors (Lipinski definition) is 4. The van der Waals surface area contributed by atoms with E-state index in [0.29, 0.717) is 18.7 Å². The highest BCUT2D eigenvalue weighted by Crippen LogP contribution is 2.23. The summed E-state index contributed by atoms with van der Waals surface area (Å²) in [4.78, 5) is 25.9. The van der Waals surface area contributed by atoms with Gasteiger partial charge in [-0.15, -0.1) is 0 Å². The van der Waals surface area contributed by atoms with Gasteiger partial charge in [-0.05, 0) is 41.7 Å². The fraction of sp³-hybridized carbons (Fsp3) is 0.360. The monoisotopic (exact) mass is 454 g/mol. The minimum absolute atomic E-state index is 0.0749. The first-order valence-corrected chi connectivity index (χ1v) is 12.1. The highest BCUT2D eigenvalue weighted by atomic mass is 32.2. The lowest BCUT2D eigenvalue weighted by molar-refractivity contribution is -0.127. The highest BCUT2D eigenvalue weighted by Gasteiger charge is 2.29. The quantitative estimate of drug-likeness (QED) is 0.510. The van der Waals surface area contributed by atoms with Gasteiger partial charge in [0.25, 0.3) is 0 Å². The normalized spacial score (nSPS) is 15.8. The number of nitrogens with zero attached hydrogens (tertiary/aromatic N) is 2. The van der Waals surface area contributed by atoms with Crippen LogP contribution in [0.3, 0.4) is 0 Å². The number of rotatable bonds is 5. The van der Waals surface area contributed by atoms with Crippen molar-refractivity contribution in [1.82, 2.24) is 9.21 Å². The van der Waals surface area contributed by atoms with Gasteiger partial charge in [0.1, 0.15) is 0 Å². The maximum Gasteiger partial charge on any atom is 0.246 e. The van der Waals surface area contributed by atoms with E-state index < -0.39 is 10.0 Å². The summed E-state index contributed by atoms with van der Waals surface area (Å²) in [7, 11) is -3.71. The summed E-state index contributed by atoms with van der Waals surface area (Å²) in [6.45, 7) is 8.93. The van der Waals surface area contributed by atoms with E-state index in [1.807, 2.05) is 12.1 Å². The molecule has 0 spiro atoms. The van der Waals surface area contributed by atoms with Crippen molar-refractivity contribution in [2.75, 3.05) is 26.2 Å². The Morgan fingerprint density at radius 2 is 1.56 bits per heavy atom. The molecule has 0 aliphatic carbocycles. The minimum atomic E-state index is -3.71. The van der Waals surface area contributed by atoms with Gasteiger partial charge >= 0.3 is 0 Å². The highest BCUT2D eigenvalue weighted by molar-refractivity contribution is 7.89. The van der Waals surface area contributed by atoms with Crippen molar-refractivity contribution in [3.05, 3.63) is 71.3 Å². The molecule has 7 heteroatoms. The summed E-state index contributed by atoms with van der Waals surface area (Å²) < 4.78 is 27.3. The Morgan fingerprint density at radius 1 is 0.938 bits per heavy atom. The Kier molecular flexibility index (Phi) is 7.00. The summed E-state index contributed by atoms with van der Waals surface area (Å²) in [5.74, 6) is -0.321. The minimum Gasteiger partial charge on any atom is -0.337 e. The van der Waals surface area contributed by atoms with E-state index in [1.165, 1.54) is 35.0 Å². The zero-order valence-electron chi connectivity index (χ0n) is 19.0. The molecule has 2 aromatic rings. The van der Waals surface area contributed by atoms with E-state index >= 15 is 0 Å². The van der Waals surface area contributed by atoms with Gasteiger partial charge in [-0.2, -0.15) is 4.31 Å². The Bertz CT molecular complexity index is 1120. The summed E-state index contributed by atoms with van der Waals surface area (Å²) >= 11 is 0. The molecule has 0 N–H and O–H groups in total. The maximum atomic E-state index is 12.9. The van der Waals surface area contributed by atoms with Gasteiger partial charge in [0.15, 0.2) is 5.78 Å². The van der Waals surface area contributed by atoms with Crippen molar-refractivity contribution in [3.63, 3.8) is 0 Å². The first-order valence-electron chi connectivity index (χ1n) is 10.7. The predicted molar refractivity (Wildman–Crippen MR) is 126 cm³/mol. The molecule has 170 valence electrons. The fourth-order valence-electron chi connectivity index (χ4n) is 3.54. The molecule has 1 amide bonds. The number of carbonyl (C=O) groups is 2. The molecule has 1 fully saturated rings. The van der Waals surface area contributed by atoms with Crippen molar-refractivity contribution in [2.45, 2.75) is 38.0 Å². The number of Topliss-reactive ketones (excluding diaryl/α,β-unsaturated/α-hetero) is 1. The van der Waals surface area contributed by atoms with Crippen LogP contribution in [-0.2, 0) is 20.2 Å². The number of piperazine rings is 1. The zero-order chi connectivity index (χ0) is 23.5. The standard InChI is InChI=1S/C25H30N2O4S/c1-19(28)21-6-5-7-23(18-21)32(30,31)27-16-14-26(15-17-27)24(29)13-10-20-8-11-22(12-9-20)25(2,3)4/h5-13,18H,14-17H2,1-4H3/b13-10+. The largest absolute Gasteiger partial charge is 0.337 e. The van der Waals surface area contributed by atoms with Gasteiger partial charge in [-0.25, -0.2) is 8.42 Å². The zero-order valence-corrected chi connectivity index (χ0v) is 19.9. The van der Waals surface area contributed by atoms with Crippen molar-refractivity contribution >= 4 is 27.8 Å². The number of benzene rings is 2. The molecule has 1 heterocycles. The molecular weight excluding hydrogens is 424 g/mol. The molecule has 32 heavy (non-hydrogen) atoms. The van der Waals surface area contributed by atoms with E-state index in [9.17, 15) is 18.0 Å². The Labute approximate surface area is 190 Å². The summed E-state index contributed by atoms with van der Waals surface area (Å²) in [6.07, 6.45) is 3.32. The fourth-order valence-corrected chi connectivity index (χ4v) is 5.01. The van der Waals surface area contributed by atoms with Crippen LogP contribution in [0, 0.1) is 0 Å². The van der Waals surface area contributed by atoms with E-state index in [-0.39, 0.29) is 35.1 Å². The molecule has 3 rings (SSSR count). The smallest absolute Gasteiger partial charge is 0.246 e. The predicted octanol–water partition coefficient (Wildman–Crippen LogP) is 3.73. The van der Waals surface area contributed by atoms with Crippen molar-refractivity contribution < 1.29 is 18.0 Å². The third-order valence-corrected chi connectivity index (χ3v) is 7.52. The molecule has 2 aromatic carbocycles. The van der Waals surface area contributed by atoms with Crippen LogP contribution in [0.2, 0.25) is 0 Å². The van der Waals surface area contributed by atoms with Gasteiger partial charge < -0.3 is 4.90 Å². The Hall–Kier alpha value is -2.77. The van der Waals surface area contributed by atoms with Crippen LogP contribution in [-0.4, -0.2) is 55.5 Å². The van der Waals surface area contributed by atoms with Gasteiger partial charge in [0.05, 0.1) is 4.90 Å². The van der Waals surface area contributed by atoms with E-state index in [2.05, 4.69) is 32.9 Å². The van der Waals surface area contributed by atoms with Crippen molar-refractivity contribution in [3.8, 4) is 0 Å². The molecule has 0 radical (unpaired) electrons. The van der Waals surface area contributed by atoms with Gasteiger partial charge in [-0.3, -0.25) is 9.59 Å². The van der Waals surface area contributed by atoms with Crippen LogP contribution in [0.5, 0.6) is 0 Å². The molecule has 1 aliphatic rings. The number of sulfonamides is 1. The van der Waals surface area contributed by atoms with Crippen LogP contribution in [0.25, 0.3) is 6.08 Å². The Balaban J connectivity index is 1.61. The lowest BCUT2D eigenvalue weighted by Gasteiger charge is -2.33. The van der Waals surface area contributed by atoms with Crippen LogP contribution >= 0.6 is 0 Å². The SMILES string of the molecule is CC(=O)c1cccc(S(=O)(=O)N2CCN(C(=O)/C=C/c3ccc(C(C)(C)C)cc3)CC2)c1. The molecule has 0 atom stereocenters. The van der Waals surface area contributed by atoms with Crippen molar-refractivity contribution in [2.24, 2.45) is 0 Å². The summed E-state index contributed by atoms with van der Waals surface area (Å²) in [5.41, 5.74) is 2.61. The first-order chi connectivity index (χ1) is 15.0. The third-order valence-electron chi connectivity index (χ3n) is 5.62. The lowest BCUT2D eigenvalue weighted by Crippen LogP contribution is -2.50. The van der Waals surface area contributed by atoms with Crippen LogP contribution in [0.4, 0.5) is 0 Å². The summed E-state index contributed by atoms with van der Waals surface area (Å²) in [5, 5.41) is 0. The molecule has 0 aromatic heterocycles. The molecular formula is C25H30N2O4S. The number of amides is 1. The maximum absolute atomic E-state index is 12.9. The lowest BCUT2D eigenvalue weighted by atomic mass is 9.87. The Morgan fingerprint density at radius 3 is 2.12 bits per heavy atom. The first kappa shape index (κ1) is 23.9. The van der Waals surface area contributed by atoms with Crippen LogP contribution < -0.4 is 0 Å². The average molecular weight is 455 g/mol. The number of hydrogen-bond donors (Lipinski definition) is 0. The number of carbonyl (C=O) groups excluding carboxylic acids is 2. The van der Waals surface area contributed by atoms with Crippen LogP contribution in [0.1, 0.15) is 49.2 Å². The van der Waals surface area contributed by atoms with E-state index in [1.54, 1.807) is 23.1 Å². The molecule has 1 saturated heterocycles. The van der Waals surface area contributed by atoms with E-state index in [4.69, 9.17) is 0 Å². The molecule has 0 unspecified atom stereocenters. The summed E-state index contributed by atoms with van der Waals surface area (Å²) in [6, 6.07) is 14.2. The molecule has 0 bridgehead atoms. The van der Waals surface area contributed by atoms with Gasteiger partial charge in [-0.1, -0.05) is 57.2 Å². The topological polar surface area (TPSA) is 74.8 Å². The molecule has 0 saturated carbocycles. The molecule has 6 nitrogen and oxygen atoms in total. The van der Waals surface area contributed by atoms with Gasteiger partial charge in [0.2, 0.25) is 15.9 Å². The van der Waals surface area contributed by atoms with Gasteiger partial charge in [0, 0.05) is 37.8 Å². The second kappa shape index (κ2) is 9.38. The third kappa shape index (κ3) is 5.53. The van der Waals surface area contributed by atoms with Crippen molar-refractivity contribution in [1.29, 1.82) is 0 Å². The second-order valence-electron chi connectivity index (χ2n) is 9.02. The number of ketones is 1. The van der Waals surface area contributed by atoms with E-state index in [0.717, 1.165) is 5.56 Å². The average Bonchev–Trinajstić information content (AvgIpc) is 2.77. The molecule has 1 aliphatic heterocycles. The van der Waals surface area contributed by atoms with Crippen LogP contribution in [0.15, 0.2) is 59.5 Å².